The quantitative estimate of drug-likeness (QED) is 0.842. The zero-order valence-corrected chi connectivity index (χ0v) is 10.9. The molecule has 1 heterocycles. The number of hydrogen-bond donors (Lipinski definition) is 1. The van der Waals surface area contributed by atoms with Crippen molar-refractivity contribution in [3.05, 3.63) is 36.5 Å². The summed E-state index contributed by atoms with van der Waals surface area (Å²) in [7, 11) is -1.83. The normalized spacial score (nSPS) is 9.76. The minimum atomic E-state index is -1.83. The third-order valence-electron chi connectivity index (χ3n) is 1.93. The van der Waals surface area contributed by atoms with Gasteiger partial charge < -0.3 is 4.98 Å². The molecule has 0 spiro atoms. The lowest BCUT2D eigenvalue weighted by Crippen LogP contribution is -1.81. The minimum absolute atomic E-state index is 0.440. The van der Waals surface area contributed by atoms with Crippen LogP contribution < -0.4 is 0 Å². The Kier molecular flexibility index (Phi) is 6.48. The number of H-pyrrole nitrogens is 1. The molecule has 17 heavy (non-hydrogen) atoms. The molecule has 4 nitrogen and oxygen atoms in total. The van der Waals surface area contributed by atoms with Gasteiger partial charge in [-0.3, -0.25) is 0 Å². The summed E-state index contributed by atoms with van der Waals surface area (Å²) in [4.78, 5) is 3.12. The molecule has 0 atom stereocenters. The topological polar surface area (TPSA) is 51.3 Å². The molecular formula is C12H17NO3P+. The largest absolute Gasteiger partial charge is 0.697 e. The molecule has 0 unspecified atom stereocenters. The van der Waals surface area contributed by atoms with Crippen LogP contribution in [0.2, 0.25) is 0 Å². The molecule has 1 N–H and O–H groups in total. The molecule has 2 rings (SSSR count). The van der Waals surface area contributed by atoms with Crippen LogP contribution in [-0.2, 0) is 13.6 Å². The van der Waals surface area contributed by atoms with E-state index < -0.39 is 8.25 Å². The molecule has 0 bridgehead atoms. The number of fused-ring (bicyclic) bond motifs is 1. The molecule has 0 fully saturated rings. The number of rotatable bonds is 4. The summed E-state index contributed by atoms with van der Waals surface area (Å²) in [6.07, 6.45) is 1.95. The van der Waals surface area contributed by atoms with Crippen molar-refractivity contribution < 1.29 is 13.6 Å². The first-order valence-electron chi connectivity index (χ1n) is 5.53. The number of aromatic nitrogens is 1. The van der Waals surface area contributed by atoms with E-state index in [0.29, 0.717) is 13.2 Å². The van der Waals surface area contributed by atoms with Crippen molar-refractivity contribution in [2.24, 2.45) is 0 Å². The summed E-state index contributed by atoms with van der Waals surface area (Å²) < 4.78 is 19.5. The van der Waals surface area contributed by atoms with Crippen molar-refractivity contribution in [2.75, 3.05) is 13.2 Å². The first-order chi connectivity index (χ1) is 8.27. The molecule has 0 aliphatic heterocycles. The van der Waals surface area contributed by atoms with Gasteiger partial charge in [0.05, 0.1) is 0 Å². The Morgan fingerprint density at radius 1 is 1.12 bits per heavy atom. The van der Waals surface area contributed by atoms with E-state index in [9.17, 15) is 4.57 Å². The van der Waals surface area contributed by atoms with Crippen LogP contribution >= 0.6 is 8.25 Å². The highest BCUT2D eigenvalue weighted by molar-refractivity contribution is 7.33. The van der Waals surface area contributed by atoms with Crippen LogP contribution in [-0.4, -0.2) is 18.2 Å². The maximum absolute atomic E-state index is 10.3. The molecule has 1 aromatic carbocycles. The lowest BCUT2D eigenvalue weighted by Gasteiger charge is -1.83. The summed E-state index contributed by atoms with van der Waals surface area (Å²) in [5, 5.41) is 1.28. The highest BCUT2D eigenvalue weighted by Gasteiger charge is 2.15. The lowest BCUT2D eigenvalue weighted by molar-refractivity contribution is 0.243. The molecule has 5 heteroatoms. The van der Waals surface area contributed by atoms with Crippen molar-refractivity contribution in [2.45, 2.75) is 13.8 Å². The van der Waals surface area contributed by atoms with Gasteiger partial charge in [0.2, 0.25) is 0 Å². The first-order valence-corrected chi connectivity index (χ1v) is 6.62. The number of nitrogens with one attached hydrogen (secondary N) is 1. The van der Waals surface area contributed by atoms with Gasteiger partial charge in [0.25, 0.3) is 0 Å². The summed E-state index contributed by atoms with van der Waals surface area (Å²) in [5.74, 6) is 0. The van der Waals surface area contributed by atoms with E-state index in [0.717, 1.165) is 0 Å². The Bertz CT molecular complexity index is 417. The van der Waals surface area contributed by atoms with E-state index >= 15 is 0 Å². The molecule has 1 aromatic heterocycles. The lowest BCUT2D eigenvalue weighted by atomic mass is 10.3. The van der Waals surface area contributed by atoms with Gasteiger partial charge in [0, 0.05) is 16.3 Å². The Hall–Kier alpha value is -1.22. The Labute approximate surface area is 102 Å². The van der Waals surface area contributed by atoms with Gasteiger partial charge in [-0.1, -0.05) is 18.2 Å². The molecule has 92 valence electrons. The fourth-order valence-corrected chi connectivity index (χ4v) is 1.74. The van der Waals surface area contributed by atoms with Crippen LogP contribution in [0.1, 0.15) is 13.8 Å². The molecule has 0 radical (unpaired) electrons. The SMILES string of the molecule is CCO[P+](=O)OCC.c1ccc2[nH]ccc2c1. The standard InChI is InChI=1S/C8H7N.C4H10O3P/c1-2-4-8-7(3-1)5-6-9-8;1-3-6-8(5)7-4-2/h1-6,9H;3-4H2,1-2H3/q;+1. The van der Waals surface area contributed by atoms with Crippen molar-refractivity contribution in [1.29, 1.82) is 0 Å². The monoisotopic (exact) mass is 254 g/mol. The molecular weight excluding hydrogens is 237 g/mol. The van der Waals surface area contributed by atoms with Crippen molar-refractivity contribution in [1.82, 2.24) is 4.98 Å². The second-order valence-corrected chi connectivity index (χ2v) is 4.09. The van der Waals surface area contributed by atoms with Crippen LogP contribution in [0.3, 0.4) is 0 Å². The Morgan fingerprint density at radius 2 is 1.76 bits per heavy atom. The van der Waals surface area contributed by atoms with Gasteiger partial charge in [0.15, 0.2) is 0 Å². The highest BCUT2D eigenvalue weighted by atomic mass is 31.1. The number of benzene rings is 1. The Morgan fingerprint density at radius 3 is 2.35 bits per heavy atom. The summed E-state index contributed by atoms with van der Waals surface area (Å²) in [6, 6.07) is 10.3. The molecule has 0 aliphatic rings. The van der Waals surface area contributed by atoms with Gasteiger partial charge in [0.1, 0.15) is 13.2 Å². The summed E-state index contributed by atoms with van der Waals surface area (Å²) in [5.41, 5.74) is 1.21. The van der Waals surface area contributed by atoms with Crippen LogP contribution in [0.5, 0.6) is 0 Å². The van der Waals surface area contributed by atoms with Crippen LogP contribution in [0.15, 0.2) is 36.5 Å². The summed E-state index contributed by atoms with van der Waals surface area (Å²) in [6.45, 7) is 4.42. The number of aromatic amines is 1. The highest BCUT2D eigenvalue weighted by Crippen LogP contribution is 2.21. The molecule has 0 saturated carbocycles. The van der Waals surface area contributed by atoms with Crippen LogP contribution in [0.4, 0.5) is 0 Å². The van der Waals surface area contributed by atoms with Gasteiger partial charge >= 0.3 is 8.25 Å². The fourth-order valence-electron chi connectivity index (χ4n) is 1.24. The Balaban J connectivity index is 0.000000172. The fraction of sp³-hybridized carbons (Fsp3) is 0.333. The van der Waals surface area contributed by atoms with E-state index in [-0.39, 0.29) is 0 Å². The second-order valence-electron chi connectivity index (χ2n) is 3.12. The van der Waals surface area contributed by atoms with Gasteiger partial charge in [-0.25, -0.2) is 0 Å². The zero-order valence-electron chi connectivity index (χ0n) is 10.1. The summed E-state index contributed by atoms with van der Waals surface area (Å²) >= 11 is 0. The molecule has 0 saturated heterocycles. The van der Waals surface area contributed by atoms with Gasteiger partial charge in [-0.15, -0.1) is 9.05 Å². The average Bonchev–Trinajstić information content (AvgIpc) is 2.78. The predicted molar refractivity (Wildman–Crippen MR) is 69.2 cm³/mol. The van der Waals surface area contributed by atoms with E-state index in [2.05, 4.69) is 32.2 Å². The third-order valence-corrected chi connectivity index (χ3v) is 2.87. The van der Waals surface area contributed by atoms with E-state index in [1.54, 1.807) is 13.8 Å². The smallest absolute Gasteiger partial charge is 0.361 e. The molecule has 0 aliphatic carbocycles. The second kappa shape index (κ2) is 7.96. The van der Waals surface area contributed by atoms with Crippen LogP contribution in [0, 0.1) is 0 Å². The molecule has 2 aromatic rings. The van der Waals surface area contributed by atoms with Gasteiger partial charge in [-0.05, 0) is 31.4 Å². The number of para-hydroxylation sites is 1. The van der Waals surface area contributed by atoms with Crippen LogP contribution in [0.25, 0.3) is 10.9 Å². The van der Waals surface area contributed by atoms with Crippen molar-refractivity contribution in [3.8, 4) is 0 Å². The maximum atomic E-state index is 10.3. The zero-order chi connectivity index (χ0) is 12.5. The number of hydrogen-bond acceptors (Lipinski definition) is 3. The van der Waals surface area contributed by atoms with E-state index in [1.165, 1.54) is 10.9 Å². The minimum Gasteiger partial charge on any atom is -0.361 e. The van der Waals surface area contributed by atoms with E-state index in [4.69, 9.17) is 0 Å². The van der Waals surface area contributed by atoms with Crippen molar-refractivity contribution in [3.63, 3.8) is 0 Å². The maximum Gasteiger partial charge on any atom is 0.697 e. The predicted octanol–water partition coefficient (Wildman–Crippen LogP) is 3.88. The molecule has 0 amide bonds. The average molecular weight is 254 g/mol. The van der Waals surface area contributed by atoms with Crippen molar-refractivity contribution >= 4 is 19.2 Å². The van der Waals surface area contributed by atoms with E-state index in [1.807, 2.05) is 18.3 Å². The third kappa shape index (κ3) is 5.09. The van der Waals surface area contributed by atoms with Gasteiger partial charge in [-0.2, -0.15) is 0 Å². The first kappa shape index (κ1) is 13.8.